The topological polar surface area (TPSA) is 3.24 Å². The first-order valence-electron chi connectivity index (χ1n) is 5.35. The molecule has 1 heterocycles. The fourth-order valence-electron chi connectivity index (χ4n) is 1.60. The summed E-state index contributed by atoms with van der Waals surface area (Å²) in [6.07, 6.45) is 0. The van der Waals surface area contributed by atoms with E-state index in [1.165, 1.54) is 13.1 Å². The maximum Gasteiger partial charge on any atom is 0.00388 e. The Labute approximate surface area is 78.1 Å². The Kier molecular flexibility index (Phi) is 5.56. The molecule has 1 fully saturated rings. The van der Waals surface area contributed by atoms with Gasteiger partial charge in [-0.05, 0) is 25.7 Å². The van der Waals surface area contributed by atoms with Crippen LogP contribution < -0.4 is 0 Å². The van der Waals surface area contributed by atoms with Crippen molar-refractivity contribution in [1.29, 1.82) is 0 Å². The monoisotopic (exact) mass is 171 g/mol. The van der Waals surface area contributed by atoms with Crippen LogP contribution in [0.5, 0.6) is 0 Å². The van der Waals surface area contributed by atoms with Crippen molar-refractivity contribution in [3.8, 4) is 0 Å². The minimum absolute atomic E-state index is 0.743. The Hall–Kier alpha value is -0.0400. The van der Waals surface area contributed by atoms with Crippen molar-refractivity contribution in [3.05, 3.63) is 0 Å². The van der Waals surface area contributed by atoms with Crippen molar-refractivity contribution >= 4 is 0 Å². The van der Waals surface area contributed by atoms with Crippen LogP contribution >= 0.6 is 0 Å². The molecule has 1 aliphatic rings. The van der Waals surface area contributed by atoms with Gasteiger partial charge in [-0.15, -0.1) is 0 Å². The summed E-state index contributed by atoms with van der Waals surface area (Å²) >= 11 is 0. The molecule has 1 aliphatic heterocycles. The molecule has 0 saturated carbocycles. The van der Waals surface area contributed by atoms with Crippen LogP contribution in [0, 0.1) is 11.8 Å². The van der Waals surface area contributed by atoms with E-state index in [9.17, 15) is 0 Å². The molecule has 0 aromatic carbocycles. The predicted octanol–water partition coefficient (Wildman–Crippen LogP) is 3.01. The van der Waals surface area contributed by atoms with Gasteiger partial charge in [-0.1, -0.05) is 27.7 Å². The van der Waals surface area contributed by atoms with Crippen molar-refractivity contribution in [2.24, 2.45) is 11.8 Å². The Morgan fingerprint density at radius 3 is 1.50 bits per heavy atom. The number of rotatable bonds is 1. The Balaban J connectivity index is 0.000000561. The standard InChI is InChI=1S/C9H19N.C2H6/c1-7(2)10-5-8(3)9(4)6-10;1-2/h7-9H,5-6H2,1-4H3;1-2H3. The molecule has 0 amide bonds. The third kappa shape index (κ3) is 3.14. The largest absolute Gasteiger partial charge is 0.300 e. The highest BCUT2D eigenvalue weighted by molar-refractivity contribution is 4.80. The van der Waals surface area contributed by atoms with E-state index in [0.717, 1.165) is 17.9 Å². The molecule has 1 saturated heterocycles. The van der Waals surface area contributed by atoms with Gasteiger partial charge in [0.1, 0.15) is 0 Å². The number of hydrogen-bond acceptors (Lipinski definition) is 1. The van der Waals surface area contributed by atoms with E-state index in [4.69, 9.17) is 0 Å². The summed E-state index contributed by atoms with van der Waals surface area (Å²) in [4.78, 5) is 2.56. The van der Waals surface area contributed by atoms with Gasteiger partial charge in [0.05, 0.1) is 0 Å². The van der Waals surface area contributed by atoms with Gasteiger partial charge < -0.3 is 4.90 Å². The highest BCUT2D eigenvalue weighted by Crippen LogP contribution is 2.23. The Bertz CT molecular complexity index is 99.6. The number of nitrogens with zero attached hydrogens (tertiary/aromatic N) is 1. The van der Waals surface area contributed by atoms with Crippen molar-refractivity contribution in [1.82, 2.24) is 4.90 Å². The van der Waals surface area contributed by atoms with Crippen LogP contribution in [0.1, 0.15) is 41.5 Å². The van der Waals surface area contributed by atoms with Crippen molar-refractivity contribution in [2.75, 3.05) is 13.1 Å². The van der Waals surface area contributed by atoms with Gasteiger partial charge in [0.25, 0.3) is 0 Å². The summed E-state index contributed by atoms with van der Waals surface area (Å²) in [5, 5.41) is 0. The maximum absolute atomic E-state index is 2.56. The molecule has 0 bridgehead atoms. The Morgan fingerprint density at radius 2 is 1.33 bits per heavy atom. The molecule has 1 rings (SSSR count). The maximum atomic E-state index is 2.56. The van der Waals surface area contributed by atoms with Crippen LogP contribution in [-0.2, 0) is 0 Å². The third-order valence-corrected chi connectivity index (χ3v) is 2.75. The SMILES string of the molecule is CC.CC1CN(C(C)C)CC1C. The quantitative estimate of drug-likeness (QED) is 0.586. The van der Waals surface area contributed by atoms with E-state index in [1.807, 2.05) is 13.8 Å². The van der Waals surface area contributed by atoms with E-state index in [-0.39, 0.29) is 0 Å². The van der Waals surface area contributed by atoms with Gasteiger partial charge in [0.2, 0.25) is 0 Å². The van der Waals surface area contributed by atoms with E-state index < -0.39 is 0 Å². The summed E-state index contributed by atoms with van der Waals surface area (Å²) < 4.78 is 0. The lowest BCUT2D eigenvalue weighted by Gasteiger charge is -2.19. The molecule has 0 aromatic heterocycles. The molecule has 0 N–H and O–H groups in total. The molecule has 1 nitrogen and oxygen atoms in total. The molecule has 1 heteroatoms. The zero-order chi connectivity index (χ0) is 9.72. The average molecular weight is 171 g/mol. The molecular weight excluding hydrogens is 146 g/mol. The van der Waals surface area contributed by atoms with E-state index in [0.29, 0.717) is 0 Å². The molecule has 2 unspecified atom stereocenters. The van der Waals surface area contributed by atoms with Gasteiger partial charge in [-0.3, -0.25) is 0 Å². The lowest BCUT2D eigenvalue weighted by atomic mass is 10.0. The van der Waals surface area contributed by atoms with Gasteiger partial charge >= 0.3 is 0 Å². The fourth-order valence-corrected chi connectivity index (χ4v) is 1.60. The highest BCUT2D eigenvalue weighted by Gasteiger charge is 2.26. The molecule has 2 atom stereocenters. The predicted molar refractivity (Wildman–Crippen MR) is 56.4 cm³/mol. The van der Waals surface area contributed by atoms with Crippen LogP contribution in [0.4, 0.5) is 0 Å². The molecular formula is C11H25N. The van der Waals surface area contributed by atoms with Crippen molar-refractivity contribution in [3.63, 3.8) is 0 Å². The molecule has 0 radical (unpaired) electrons. The fraction of sp³-hybridized carbons (Fsp3) is 1.00. The minimum atomic E-state index is 0.743. The van der Waals surface area contributed by atoms with Gasteiger partial charge in [0, 0.05) is 19.1 Å². The minimum Gasteiger partial charge on any atom is -0.300 e. The lowest BCUT2D eigenvalue weighted by molar-refractivity contribution is 0.264. The van der Waals surface area contributed by atoms with Gasteiger partial charge in [-0.2, -0.15) is 0 Å². The highest BCUT2D eigenvalue weighted by atomic mass is 15.2. The summed E-state index contributed by atoms with van der Waals surface area (Å²) in [6, 6.07) is 0.743. The van der Waals surface area contributed by atoms with Crippen LogP contribution in [0.15, 0.2) is 0 Å². The van der Waals surface area contributed by atoms with Gasteiger partial charge in [-0.25, -0.2) is 0 Å². The summed E-state index contributed by atoms with van der Waals surface area (Å²) in [5.41, 5.74) is 0. The number of likely N-dealkylation sites (tertiary alicyclic amines) is 1. The second kappa shape index (κ2) is 5.58. The zero-order valence-corrected chi connectivity index (χ0v) is 9.59. The van der Waals surface area contributed by atoms with Crippen molar-refractivity contribution in [2.45, 2.75) is 47.6 Å². The molecule has 0 spiro atoms. The second-order valence-electron chi connectivity index (χ2n) is 4.00. The summed E-state index contributed by atoms with van der Waals surface area (Å²) in [6.45, 7) is 15.9. The van der Waals surface area contributed by atoms with E-state index in [1.54, 1.807) is 0 Å². The van der Waals surface area contributed by atoms with Crippen LogP contribution in [0.25, 0.3) is 0 Å². The second-order valence-corrected chi connectivity index (χ2v) is 4.00. The first-order chi connectivity index (χ1) is 5.61. The van der Waals surface area contributed by atoms with Crippen LogP contribution in [0.3, 0.4) is 0 Å². The van der Waals surface area contributed by atoms with Gasteiger partial charge in [0.15, 0.2) is 0 Å². The van der Waals surface area contributed by atoms with Crippen LogP contribution in [0.2, 0.25) is 0 Å². The lowest BCUT2D eigenvalue weighted by Crippen LogP contribution is -2.28. The molecule has 0 aromatic rings. The van der Waals surface area contributed by atoms with Crippen LogP contribution in [-0.4, -0.2) is 24.0 Å². The average Bonchev–Trinajstić information content (AvgIpc) is 2.36. The van der Waals surface area contributed by atoms with Crippen molar-refractivity contribution < 1.29 is 0 Å². The normalized spacial score (nSPS) is 30.2. The molecule has 0 aliphatic carbocycles. The first kappa shape index (κ1) is 12.0. The zero-order valence-electron chi connectivity index (χ0n) is 9.59. The van der Waals surface area contributed by atoms with E-state index in [2.05, 4.69) is 32.6 Å². The Morgan fingerprint density at radius 1 is 1.00 bits per heavy atom. The first-order valence-corrected chi connectivity index (χ1v) is 5.35. The number of hydrogen-bond donors (Lipinski definition) is 0. The molecule has 12 heavy (non-hydrogen) atoms. The summed E-state index contributed by atoms with van der Waals surface area (Å²) in [5.74, 6) is 1.81. The molecule has 74 valence electrons. The smallest absolute Gasteiger partial charge is 0.00388 e. The summed E-state index contributed by atoms with van der Waals surface area (Å²) in [7, 11) is 0. The van der Waals surface area contributed by atoms with E-state index >= 15 is 0 Å². The third-order valence-electron chi connectivity index (χ3n) is 2.75.